The third-order valence-corrected chi connectivity index (χ3v) is 8.10. The maximum atomic E-state index is 14.7. The standard InChI is InChI=1S/C34H40FN3O8/c1-41-28-8-5-21-6-10-31(39)36-17-22-13-24(35)16-25(14-22)46-27-11-12-38(19-26(27)37-32(40)20-45-30(28)15-21)18-23-7-9-29(42-2)34(44-4)33(23)43-3/h5,7-9,13-16,26-27H,6,10-12,17-20H2,1-4H3,(H,36,39)(H,37,40)/t26-,27-/m1/s1. The molecule has 2 aliphatic heterocycles. The highest BCUT2D eigenvalue weighted by atomic mass is 19.1. The van der Waals surface area contributed by atoms with Crippen LogP contribution in [0, 0.1) is 5.82 Å². The summed E-state index contributed by atoms with van der Waals surface area (Å²) < 4.78 is 49.0. The van der Waals surface area contributed by atoms with Crippen LogP contribution in [0.2, 0.25) is 0 Å². The van der Waals surface area contributed by atoms with Crippen LogP contribution in [0.4, 0.5) is 4.39 Å². The Kier molecular flexibility index (Phi) is 10.7. The number of benzene rings is 3. The maximum absolute atomic E-state index is 14.7. The Morgan fingerprint density at radius 3 is 2.41 bits per heavy atom. The van der Waals surface area contributed by atoms with Crippen molar-refractivity contribution in [3.63, 3.8) is 0 Å². The quantitative estimate of drug-likeness (QED) is 0.418. The zero-order chi connectivity index (χ0) is 32.6. The molecule has 246 valence electrons. The number of fused-ring (bicyclic) bond motifs is 5. The number of carbonyl (C=O) groups is 2. The first-order valence-electron chi connectivity index (χ1n) is 15.1. The Morgan fingerprint density at radius 2 is 1.65 bits per heavy atom. The average Bonchev–Trinajstić information content (AvgIpc) is 3.05. The second-order valence-electron chi connectivity index (χ2n) is 11.2. The van der Waals surface area contributed by atoms with Gasteiger partial charge in [0.25, 0.3) is 5.91 Å². The van der Waals surface area contributed by atoms with Gasteiger partial charge in [-0.2, -0.15) is 0 Å². The molecular formula is C34H40FN3O8. The normalized spacial score (nSPS) is 19.2. The van der Waals surface area contributed by atoms with Crippen LogP contribution in [0.15, 0.2) is 48.5 Å². The fourth-order valence-corrected chi connectivity index (χ4v) is 5.84. The molecule has 0 aromatic heterocycles. The molecular weight excluding hydrogens is 597 g/mol. The number of nitrogens with one attached hydrogen (secondary N) is 2. The van der Waals surface area contributed by atoms with Crippen molar-refractivity contribution in [2.45, 2.75) is 44.5 Å². The summed E-state index contributed by atoms with van der Waals surface area (Å²) in [6.07, 6.45) is 0.745. The van der Waals surface area contributed by atoms with E-state index in [1.807, 2.05) is 18.2 Å². The smallest absolute Gasteiger partial charge is 0.258 e. The number of amides is 2. The molecule has 12 heteroatoms. The van der Waals surface area contributed by atoms with Crippen LogP contribution >= 0.6 is 0 Å². The van der Waals surface area contributed by atoms with Gasteiger partial charge >= 0.3 is 0 Å². The van der Waals surface area contributed by atoms with Gasteiger partial charge < -0.3 is 39.1 Å². The van der Waals surface area contributed by atoms with E-state index in [-0.39, 0.29) is 31.4 Å². The summed E-state index contributed by atoms with van der Waals surface area (Å²) in [7, 11) is 6.23. The van der Waals surface area contributed by atoms with E-state index >= 15 is 0 Å². The van der Waals surface area contributed by atoms with Crippen LogP contribution < -0.4 is 39.1 Å². The number of methoxy groups -OCH3 is 4. The van der Waals surface area contributed by atoms with E-state index < -0.39 is 18.0 Å². The molecule has 0 aliphatic carbocycles. The van der Waals surface area contributed by atoms with Crippen LogP contribution in [0.3, 0.4) is 0 Å². The van der Waals surface area contributed by atoms with Gasteiger partial charge in [0, 0.05) is 44.2 Å². The van der Waals surface area contributed by atoms with Crippen LogP contribution in [-0.4, -0.2) is 77.0 Å². The third kappa shape index (κ3) is 7.92. The van der Waals surface area contributed by atoms with Crippen molar-refractivity contribution in [2.75, 3.05) is 48.1 Å². The molecule has 0 unspecified atom stereocenters. The van der Waals surface area contributed by atoms with Crippen molar-refractivity contribution in [3.05, 3.63) is 71.0 Å². The van der Waals surface area contributed by atoms with Gasteiger partial charge in [-0.05, 0) is 54.3 Å². The number of piperidine rings is 1. The number of hydrogen-bond donors (Lipinski definition) is 2. The molecule has 4 bridgehead atoms. The first-order valence-corrected chi connectivity index (χ1v) is 15.1. The number of likely N-dealkylation sites (tertiary alicyclic amines) is 1. The predicted molar refractivity (Wildman–Crippen MR) is 167 cm³/mol. The molecule has 2 N–H and O–H groups in total. The summed E-state index contributed by atoms with van der Waals surface area (Å²) in [4.78, 5) is 28.1. The van der Waals surface area contributed by atoms with Gasteiger partial charge in [0.2, 0.25) is 11.7 Å². The van der Waals surface area contributed by atoms with Crippen molar-refractivity contribution >= 4 is 11.8 Å². The molecule has 0 radical (unpaired) electrons. The van der Waals surface area contributed by atoms with E-state index in [9.17, 15) is 14.0 Å². The lowest BCUT2D eigenvalue weighted by Gasteiger charge is -2.39. The fourth-order valence-electron chi connectivity index (χ4n) is 5.84. The summed E-state index contributed by atoms with van der Waals surface area (Å²) in [6.45, 7) is 1.46. The zero-order valence-corrected chi connectivity index (χ0v) is 26.5. The summed E-state index contributed by atoms with van der Waals surface area (Å²) in [5.74, 6) is 1.82. The number of halogens is 1. The van der Waals surface area contributed by atoms with E-state index in [4.69, 9.17) is 28.4 Å². The molecule has 1 saturated heterocycles. The molecule has 0 saturated carbocycles. The molecule has 1 fully saturated rings. The molecule has 2 aliphatic rings. The zero-order valence-electron chi connectivity index (χ0n) is 26.5. The van der Waals surface area contributed by atoms with Gasteiger partial charge in [0.1, 0.15) is 17.7 Å². The largest absolute Gasteiger partial charge is 0.493 e. The third-order valence-electron chi connectivity index (χ3n) is 8.10. The Hall–Kier alpha value is -4.71. The van der Waals surface area contributed by atoms with Gasteiger partial charge in [-0.15, -0.1) is 0 Å². The van der Waals surface area contributed by atoms with Crippen LogP contribution in [0.25, 0.3) is 0 Å². The molecule has 3 aromatic carbocycles. The Balaban J connectivity index is 1.41. The van der Waals surface area contributed by atoms with Crippen molar-refractivity contribution < 1.29 is 42.4 Å². The monoisotopic (exact) mass is 637 g/mol. The van der Waals surface area contributed by atoms with E-state index in [2.05, 4.69) is 15.5 Å². The highest BCUT2D eigenvalue weighted by Crippen LogP contribution is 2.40. The van der Waals surface area contributed by atoms with E-state index in [1.54, 1.807) is 39.5 Å². The summed E-state index contributed by atoms with van der Waals surface area (Å²) in [5, 5.41) is 5.95. The first-order chi connectivity index (χ1) is 22.3. The minimum absolute atomic E-state index is 0.149. The number of hydrogen-bond acceptors (Lipinski definition) is 9. The summed E-state index contributed by atoms with van der Waals surface area (Å²) >= 11 is 0. The lowest BCUT2D eigenvalue weighted by molar-refractivity contribution is -0.125. The van der Waals surface area contributed by atoms with Gasteiger partial charge in [-0.1, -0.05) is 12.1 Å². The second kappa shape index (κ2) is 15.0. The summed E-state index contributed by atoms with van der Waals surface area (Å²) in [6, 6.07) is 13.1. The van der Waals surface area contributed by atoms with Crippen molar-refractivity contribution in [2.24, 2.45) is 0 Å². The minimum Gasteiger partial charge on any atom is -0.493 e. The lowest BCUT2D eigenvalue weighted by atomic mass is 10.0. The number of rotatable bonds is 6. The molecule has 0 spiro atoms. The summed E-state index contributed by atoms with van der Waals surface area (Å²) in [5.41, 5.74) is 2.31. The molecule has 5 rings (SSSR count). The van der Waals surface area contributed by atoms with Gasteiger partial charge in [-0.25, -0.2) is 4.39 Å². The Labute approximate surface area is 267 Å². The molecule has 2 atom stereocenters. The topological polar surface area (TPSA) is 117 Å². The SMILES string of the molecule is COc1ccc2cc1OCC(=O)N[C@@H]1CN(Cc3ccc(OC)c(OC)c3OC)CC[C@H]1Oc1cc(F)cc(c1)CNC(=O)CC2. The predicted octanol–water partition coefficient (Wildman–Crippen LogP) is 3.64. The van der Waals surface area contributed by atoms with Gasteiger partial charge in [0.05, 0.1) is 34.5 Å². The van der Waals surface area contributed by atoms with Crippen LogP contribution in [0.1, 0.15) is 29.5 Å². The van der Waals surface area contributed by atoms with E-state index in [0.29, 0.717) is 72.5 Å². The van der Waals surface area contributed by atoms with Gasteiger partial charge in [-0.3, -0.25) is 14.5 Å². The van der Waals surface area contributed by atoms with Gasteiger partial charge in [0.15, 0.2) is 29.6 Å². The molecule has 2 amide bonds. The number of ether oxygens (including phenoxy) is 6. The maximum Gasteiger partial charge on any atom is 0.258 e. The molecule has 11 nitrogen and oxygen atoms in total. The first kappa shape index (κ1) is 32.7. The van der Waals surface area contributed by atoms with Crippen molar-refractivity contribution in [3.8, 4) is 34.5 Å². The fraction of sp³-hybridized carbons (Fsp3) is 0.412. The van der Waals surface area contributed by atoms with E-state index in [1.165, 1.54) is 19.2 Å². The molecule has 46 heavy (non-hydrogen) atoms. The molecule has 3 aromatic rings. The number of nitrogens with zero attached hydrogens (tertiary/aromatic N) is 1. The highest BCUT2D eigenvalue weighted by Gasteiger charge is 2.33. The van der Waals surface area contributed by atoms with E-state index in [0.717, 1.165) is 11.1 Å². The van der Waals surface area contributed by atoms with Crippen molar-refractivity contribution in [1.82, 2.24) is 15.5 Å². The Morgan fingerprint density at radius 1 is 0.870 bits per heavy atom. The Bertz CT molecular complexity index is 1550. The number of carbonyl (C=O) groups excluding carboxylic acids is 2. The number of aryl methyl sites for hydroxylation is 1. The van der Waals surface area contributed by atoms with Crippen LogP contribution in [0.5, 0.6) is 34.5 Å². The highest BCUT2D eigenvalue weighted by molar-refractivity contribution is 5.78. The average molecular weight is 638 g/mol. The second-order valence-corrected chi connectivity index (χ2v) is 11.2. The minimum atomic E-state index is -0.478. The lowest BCUT2D eigenvalue weighted by Crippen LogP contribution is -2.57. The molecule has 2 heterocycles. The van der Waals surface area contributed by atoms with Crippen LogP contribution in [-0.2, 0) is 29.1 Å². The van der Waals surface area contributed by atoms with Crippen molar-refractivity contribution in [1.29, 1.82) is 0 Å².